The molecule has 2 aliphatic heterocycles. The van der Waals surface area contributed by atoms with Crippen molar-refractivity contribution >= 4 is 65.0 Å². The predicted octanol–water partition coefficient (Wildman–Crippen LogP) is 2.62. The number of cyclic esters (lactones) is 1. The second kappa shape index (κ2) is 38.7. The molecular weight excluding hydrogens is 1210 g/mol. The number of amides is 10. The third-order valence-electron chi connectivity index (χ3n) is 18.1. The summed E-state index contributed by atoms with van der Waals surface area (Å²) in [5.41, 5.74) is 0. The van der Waals surface area contributed by atoms with Gasteiger partial charge in [0.15, 0.2) is 6.10 Å². The van der Waals surface area contributed by atoms with E-state index in [0.29, 0.717) is 19.5 Å². The maximum atomic E-state index is 15.4. The van der Waals surface area contributed by atoms with Crippen LogP contribution in [0.2, 0.25) is 0 Å². The quantitative estimate of drug-likeness (QED) is 0.0914. The molecular formula is C68H123N11O15. The van der Waals surface area contributed by atoms with Gasteiger partial charge < -0.3 is 70.7 Å². The molecule has 7 N–H and O–H groups in total. The van der Waals surface area contributed by atoms with E-state index in [1.807, 2.05) is 69.2 Å². The van der Waals surface area contributed by atoms with Crippen molar-refractivity contribution in [2.24, 2.45) is 47.3 Å². The molecule has 1 unspecified atom stereocenters. The molecule has 2 aliphatic rings. The van der Waals surface area contributed by atoms with E-state index in [-0.39, 0.29) is 74.3 Å². The highest BCUT2D eigenvalue weighted by Gasteiger charge is 2.46. The minimum Gasteiger partial charge on any atom is -0.450 e. The lowest BCUT2D eigenvalue weighted by Crippen LogP contribution is -2.64. The van der Waals surface area contributed by atoms with Gasteiger partial charge in [-0.2, -0.15) is 0 Å². The third-order valence-corrected chi connectivity index (χ3v) is 18.1. The van der Waals surface area contributed by atoms with E-state index in [2.05, 4.69) is 26.2 Å². The minimum atomic E-state index is -1.78. The Bertz CT molecular complexity index is 2530. The van der Waals surface area contributed by atoms with Crippen molar-refractivity contribution in [3.8, 4) is 0 Å². The summed E-state index contributed by atoms with van der Waals surface area (Å²) >= 11 is 0. The number of carbonyl (C=O) groups excluding carboxylic acids is 11. The zero-order valence-corrected chi connectivity index (χ0v) is 61.2. The molecule has 2 rings (SSSR count). The number of hydrogen-bond acceptors (Lipinski definition) is 16. The van der Waals surface area contributed by atoms with E-state index >= 15 is 14.4 Å². The molecule has 0 aliphatic carbocycles. The van der Waals surface area contributed by atoms with Gasteiger partial charge in [0.25, 0.3) is 5.91 Å². The molecule has 0 bridgehead atoms. The number of carbonyl (C=O) groups is 11. The molecule has 26 heteroatoms. The number of piperidine rings is 1. The van der Waals surface area contributed by atoms with Crippen molar-refractivity contribution in [1.29, 1.82) is 0 Å². The molecule has 2 heterocycles. The molecule has 0 saturated carbocycles. The largest absolute Gasteiger partial charge is 0.450 e. The first-order valence-electron chi connectivity index (χ1n) is 34.2. The number of nitrogens with zero attached hydrogens (tertiary/aromatic N) is 7. The fraction of sp³-hybridized carbons (Fsp3) is 0.838. The maximum Gasteiger partial charge on any atom is 0.329 e. The van der Waals surface area contributed by atoms with Crippen LogP contribution in [0, 0.1) is 47.3 Å². The topological polar surface area (TPSA) is 328 Å². The van der Waals surface area contributed by atoms with Gasteiger partial charge in [-0.25, -0.2) is 4.79 Å². The van der Waals surface area contributed by atoms with Crippen molar-refractivity contribution < 1.29 is 72.8 Å². The minimum absolute atomic E-state index is 0.0697. The predicted molar refractivity (Wildman–Crippen MR) is 358 cm³/mol. The van der Waals surface area contributed by atoms with Crippen LogP contribution in [0.25, 0.3) is 0 Å². The van der Waals surface area contributed by atoms with Crippen molar-refractivity contribution in [3.05, 3.63) is 0 Å². The Morgan fingerprint density at radius 3 is 1.36 bits per heavy atom. The average Bonchev–Trinajstić information content (AvgIpc) is 0.815. The normalized spacial score (nSPS) is 27.7. The van der Waals surface area contributed by atoms with Gasteiger partial charge in [0, 0.05) is 48.3 Å². The molecule has 10 amide bonds. The maximum absolute atomic E-state index is 15.4. The van der Waals surface area contributed by atoms with Gasteiger partial charge in [-0.3, -0.25) is 52.8 Å². The van der Waals surface area contributed by atoms with Crippen LogP contribution in [-0.2, 0) is 57.5 Å². The van der Waals surface area contributed by atoms with Gasteiger partial charge in [0.05, 0.1) is 25.4 Å². The monoisotopic (exact) mass is 1330 g/mol. The fourth-order valence-corrected chi connectivity index (χ4v) is 12.4. The van der Waals surface area contributed by atoms with Crippen LogP contribution in [0.4, 0.5) is 0 Å². The van der Waals surface area contributed by atoms with Crippen molar-refractivity contribution in [3.63, 3.8) is 0 Å². The Kier molecular flexibility index (Phi) is 34.6. The SMILES string of the molecule is CC(C)C[C@@H]1NC(=O)[C@H](CC(C)C)N(C)C(=O)CN(C)C(=O)[C@H]([C@@H](C)O)NC(=O)[C@H]([C@H](O)[C@H](C)CCN2CCCCC2CO)N(C)C(=O)[C@H](C(C)C)N(C)C(=O)[C@@H](CC(C)C)NC(=O)[C@H](CC(C)C)N(C)C(=O)[C@@H](C(C)C)OC(=O)[C@H](C)NC(=O)[C@H](CC(C)C)N(C)C1=O. The van der Waals surface area contributed by atoms with Crippen LogP contribution in [0.15, 0.2) is 0 Å². The van der Waals surface area contributed by atoms with Crippen LogP contribution in [0.5, 0.6) is 0 Å². The zero-order chi connectivity index (χ0) is 72.2. The van der Waals surface area contributed by atoms with Crippen LogP contribution in [0.1, 0.15) is 175 Å². The molecule has 14 atom stereocenters. The Morgan fingerprint density at radius 2 is 0.926 bits per heavy atom. The lowest BCUT2D eigenvalue weighted by Gasteiger charge is -2.41. The standard InChI is InChI=1S/C68H123N11O15/c1-37(2)30-48-63(88)75(20)51(33-40(7)8)59(84)69-45(16)68(93)94-58(43(13)14)67(92)76(21)52(34-41(9)10)61(86)71-49(31-38(3)4)64(89)77(22)55(42(11)12)66(91)78(23)56(57(83)44(15)27-29-79-28-25-24-26-47(79)36-80)62(87)72-54(46(17)81)65(90)73(18)35-53(82)74(19)50(32-39(5)6)60(85)70-48/h37-52,54-58,80-81,83H,24-36H2,1-23H3,(H,69,84)(H,70,85)(H,71,86)(H,72,87)/t44-,45+,46-,47?,48+,49-,50+,51+,52+,54+,55+,56+,57-,58-/m1/s1. The highest BCUT2D eigenvalue weighted by Crippen LogP contribution is 2.26. The molecule has 26 nitrogen and oxygen atoms in total. The van der Waals surface area contributed by atoms with Crippen LogP contribution in [0.3, 0.4) is 0 Å². The number of likely N-dealkylation sites (N-methyl/N-ethyl adjacent to an activating group) is 6. The molecule has 540 valence electrons. The number of esters is 1. The highest BCUT2D eigenvalue weighted by molar-refractivity contribution is 5.99. The van der Waals surface area contributed by atoms with E-state index < -0.39 is 162 Å². The lowest BCUT2D eigenvalue weighted by atomic mass is 9.90. The molecule has 0 aromatic carbocycles. The molecule has 2 fully saturated rings. The van der Waals surface area contributed by atoms with Gasteiger partial charge in [-0.15, -0.1) is 0 Å². The van der Waals surface area contributed by atoms with Crippen LogP contribution < -0.4 is 21.3 Å². The third kappa shape index (κ3) is 24.3. The first-order valence-corrected chi connectivity index (χ1v) is 34.2. The summed E-state index contributed by atoms with van der Waals surface area (Å²) in [6, 6.07) is -12.5. The average molecular weight is 1330 g/mol. The van der Waals surface area contributed by atoms with E-state index in [1.165, 1.54) is 70.8 Å². The number of likely N-dealkylation sites (tertiary alicyclic amines) is 1. The van der Waals surface area contributed by atoms with Gasteiger partial charge in [0.1, 0.15) is 54.4 Å². The fourth-order valence-electron chi connectivity index (χ4n) is 12.4. The number of rotatable bonds is 19. The first kappa shape index (κ1) is 84.1. The Labute approximate surface area is 561 Å². The number of nitrogens with one attached hydrogen (secondary N) is 4. The summed E-state index contributed by atoms with van der Waals surface area (Å²) in [7, 11) is 8.14. The van der Waals surface area contributed by atoms with E-state index in [1.54, 1.807) is 34.6 Å². The molecule has 0 aromatic heterocycles. The lowest BCUT2D eigenvalue weighted by molar-refractivity contribution is -0.166. The van der Waals surface area contributed by atoms with Crippen molar-refractivity contribution in [2.75, 3.05) is 68.5 Å². The molecule has 0 spiro atoms. The molecule has 0 radical (unpaired) electrons. The van der Waals surface area contributed by atoms with Crippen LogP contribution >= 0.6 is 0 Å². The molecule has 94 heavy (non-hydrogen) atoms. The van der Waals surface area contributed by atoms with Gasteiger partial charge in [0.2, 0.25) is 53.2 Å². The van der Waals surface area contributed by atoms with Gasteiger partial charge in [-0.1, -0.05) is 110 Å². The second-order valence-corrected chi connectivity index (χ2v) is 29.6. The highest BCUT2D eigenvalue weighted by atomic mass is 16.6. The molecule has 0 aromatic rings. The van der Waals surface area contributed by atoms with Gasteiger partial charge >= 0.3 is 5.97 Å². The van der Waals surface area contributed by atoms with Crippen molar-refractivity contribution in [2.45, 2.75) is 254 Å². The first-order chi connectivity index (χ1) is 43.5. The summed E-state index contributed by atoms with van der Waals surface area (Å²) in [6.45, 7) is 29.8. The summed E-state index contributed by atoms with van der Waals surface area (Å²) in [4.78, 5) is 171. The van der Waals surface area contributed by atoms with Crippen molar-refractivity contribution in [1.82, 2.24) is 55.6 Å². The van der Waals surface area contributed by atoms with Gasteiger partial charge in [-0.05, 0) is 126 Å². The summed E-state index contributed by atoms with van der Waals surface area (Å²) in [6.07, 6.45) is -1.35. The Balaban J connectivity index is 3.04. The number of hydrogen-bond donors (Lipinski definition) is 7. The smallest absolute Gasteiger partial charge is 0.329 e. The van der Waals surface area contributed by atoms with E-state index in [9.17, 15) is 53.7 Å². The number of ether oxygens (including phenoxy) is 1. The zero-order valence-electron chi connectivity index (χ0n) is 61.2. The summed E-state index contributed by atoms with van der Waals surface area (Å²) < 4.78 is 5.91. The van der Waals surface area contributed by atoms with E-state index in [4.69, 9.17) is 4.74 Å². The number of aliphatic hydroxyl groups excluding tert-OH is 3. The molecule has 2 saturated heterocycles. The summed E-state index contributed by atoms with van der Waals surface area (Å²) in [5, 5.41) is 45.1. The van der Waals surface area contributed by atoms with Crippen LogP contribution in [-0.4, -0.2) is 262 Å². The Hall–Kier alpha value is -5.99. The van der Waals surface area contributed by atoms with E-state index in [0.717, 1.165) is 34.0 Å². The Morgan fingerprint density at radius 1 is 0.489 bits per heavy atom. The second-order valence-electron chi connectivity index (χ2n) is 29.6. The number of aliphatic hydroxyl groups is 3. The summed E-state index contributed by atoms with van der Waals surface area (Å²) in [5.74, 6) is -11.7.